The number of amides is 1. The quantitative estimate of drug-likeness (QED) is 0.492. The Balaban J connectivity index is 2.14. The Bertz CT molecular complexity index is 497. The van der Waals surface area contributed by atoms with Crippen molar-refractivity contribution >= 4 is 17.8 Å². The van der Waals surface area contributed by atoms with E-state index in [4.69, 9.17) is 5.21 Å². The number of hydrogen-bond acceptors (Lipinski definition) is 4. The zero-order valence-corrected chi connectivity index (χ0v) is 11.3. The number of oxime groups is 1. The highest BCUT2D eigenvalue weighted by Gasteiger charge is 2.20. The van der Waals surface area contributed by atoms with Gasteiger partial charge in [-0.15, -0.1) is 0 Å². The molecule has 0 radical (unpaired) electrons. The Morgan fingerprint density at radius 2 is 2.26 bits per heavy atom. The van der Waals surface area contributed by atoms with E-state index >= 15 is 0 Å². The Hall–Kier alpha value is -1.88. The van der Waals surface area contributed by atoms with Crippen LogP contribution in [0.4, 0.5) is 5.69 Å². The average Bonchev–Trinajstić information content (AvgIpc) is 2.38. The number of aryl methyl sites for hydroxylation is 1. The number of nitrogens with zero attached hydrogens (tertiary/aromatic N) is 2. The predicted molar refractivity (Wildman–Crippen MR) is 74.9 cm³/mol. The molecule has 0 saturated heterocycles. The van der Waals surface area contributed by atoms with Crippen LogP contribution in [0.1, 0.15) is 17.5 Å². The Morgan fingerprint density at radius 3 is 2.95 bits per heavy atom. The number of benzene rings is 1. The summed E-state index contributed by atoms with van der Waals surface area (Å²) in [6, 6.07) is 6.51. The molecule has 1 unspecified atom stereocenters. The van der Waals surface area contributed by atoms with Gasteiger partial charge in [0, 0.05) is 11.7 Å². The lowest BCUT2D eigenvalue weighted by molar-refractivity contribution is -0.110. The van der Waals surface area contributed by atoms with Gasteiger partial charge in [-0.3, -0.25) is 4.79 Å². The number of nitrogens with one attached hydrogen (secondary N) is 1. The van der Waals surface area contributed by atoms with Crippen LogP contribution in [0.3, 0.4) is 0 Å². The molecule has 19 heavy (non-hydrogen) atoms. The molecule has 1 aliphatic carbocycles. The molecule has 0 bridgehead atoms. The van der Waals surface area contributed by atoms with Crippen LogP contribution in [-0.2, 0) is 17.6 Å². The van der Waals surface area contributed by atoms with Gasteiger partial charge < -0.3 is 15.4 Å². The fourth-order valence-electron chi connectivity index (χ4n) is 2.48. The van der Waals surface area contributed by atoms with Crippen LogP contribution >= 0.6 is 0 Å². The number of hydrogen-bond donors (Lipinski definition) is 2. The second-order valence-electron chi connectivity index (χ2n) is 5.08. The summed E-state index contributed by atoms with van der Waals surface area (Å²) in [6.45, 7) is 0. The Morgan fingerprint density at radius 1 is 1.47 bits per heavy atom. The van der Waals surface area contributed by atoms with Crippen molar-refractivity contribution in [3.63, 3.8) is 0 Å². The smallest absolute Gasteiger partial charge is 0.270 e. The largest absolute Gasteiger partial charge is 0.411 e. The molecule has 0 aliphatic heterocycles. The minimum absolute atomic E-state index is 0.428. The van der Waals surface area contributed by atoms with E-state index in [9.17, 15) is 4.79 Å². The summed E-state index contributed by atoms with van der Waals surface area (Å²) in [5.74, 6) is -0.428. The molecule has 1 aromatic rings. The van der Waals surface area contributed by atoms with E-state index in [0.717, 1.165) is 24.7 Å². The first kappa shape index (κ1) is 13.5. The third-order valence-corrected chi connectivity index (χ3v) is 3.58. The van der Waals surface area contributed by atoms with E-state index < -0.39 is 5.91 Å². The maximum atomic E-state index is 11.3. The van der Waals surface area contributed by atoms with Gasteiger partial charge in [-0.25, -0.2) is 0 Å². The summed E-state index contributed by atoms with van der Waals surface area (Å²) in [5.41, 5.74) is 3.37. The van der Waals surface area contributed by atoms with Crippen molar-refractivity contribution in [2.75, 3.05) is 19.4 Å². The molecule has 0 aromatic heterocycles. The van der Waals surface area contributed by atoms with Crippen molar-refractivity contribution in [3.05, 3.63) is 29.3 Å². The van der Waals surface area contributed by atoms with E-state index in [0.29, 0.717) is 6.04 Å². The SMILES string of the molecule is CN(C)C1CCc2ccc(NC(=O)/C=N/O)cc2C1. The first-order chi connectivity index (χ1) is 9.10. The molecule has 1 amide bonds. The number of carbonyl (C=O) groups is 1. The molecule has 1 aliphatic rings. The lowest BCUT2D eigenvalue weighted by atomic mass is 9.87. The topological polar surface area (TPSA) is 64.9 Å². The molecule has 2 N–H and O–H groups in total. The van der Waals surface area contributed by atoms with Crippen molar-refractivity contribution in [3.8, 4) is 0 Å². The first-order valence-electron chi connectivity index (χ1n) is 6.37. The van der Waals surface area contributed by atoms with Gasteiger partial charge in [-0.1, -0.05) is 11.2 Å². The molecular weight excluding hydrogens is 242 g/mol. The zero-order valence-electron chi connectivity index (χ0n) is 11.3. The van der Waals surface area contributed by atoms with Gasteiger partial charge in [-0.05, 0) is 56.6 Å². The van der Waals surface area contributed by atoms with E-state index in [1.165, 1.54) is 17.5 Å². The first-order valence-corrected chi connectivity index (χ1v) is 6.37. The fraction of sp³-hybridized carbons (Fsp3) is 0.429. The average molecular weight is 261 g/mol. The van der Waals surface area contributed by atoms with Gasteiger partial charge in [-0.2, -0.15) is 0 Å². The maximum Gasteiger partial charge on any atom is 0.270 e. The summed E-state index contributed by atoms with van der Waals surface area (Å²) in [5, 5.41) is 13.7. The summed E-state index contributed by atoms with van der Waals surface area (Å²) in [6.07, 6.45) is 4.09. The highest BCUT2D eigenvalue weighted by molar-refractivity contribution is 6.31. The molecular formula is C14H19N3O2. The minimum atomic E-state index is -0.428. The molecule has 0 saturated carbocycles. The monoisotopic (exact) mass is 261 g/mol. The van der Waals surface area contributed by atoms with Crippen LogP contribution in [-0.4, -0.2) is 42.4 Å². The van der Waals surface area contributed by atoms with Crippen LogP contribution in [0.5, 0.6) is 0 Å². The van der Waals surface area contributed by atoms with E-state index in [1.54, 1.807) is 0 Å². The molecule has 0 heterocycles. The van der Waals surface area contributed by atoms with Gasteiger partial charge in [0.2, 0.25) is 0 Å². The van der Waals surface area contributed by atoms with E-state index in [2.05, 4.69) is 35.5 Å². The van der Waals surface area contributed by atoms with Gasteiger partial charge in [0.1, 0.15) is 6.21 Å². The lowest BCUT2D eigenvalue weighted by Crippen LogP contribution is -2.33. The van der Waals surface area contributed by atoms with Gasteiger partial charge in [0.15, 0.2) is 0 Å². The van der Waals surface area contributed by atoms with Crippen molar-refractivity contribution in [2.45, 2.75) is 25.3 Å². The van der Waals surface area contributed by atoms with Gasteiger partial charge in [0.05, 0.1) is 0 Å². The Labute approximate surface area is 112 Å². The second-order valence-corrected chi connectivity index (χ2v) is 5.08. The van der Waals surface area contributed by atoms with Crippen molar-refractivity contribution < 1.29 is 10.0 Å². The molecule has 5 heteroatoms. The number of likely N-dealkylation sites (N-methyl/N-ethyl adjacent to an activating group) is 1. The number of fused-ring (bicyclic) bond motifs is 1. The van der Waals surface area contributed by atoms with Gasteiger partial charge >= 0.3 is 0 Å². The van der Waals surface area contributed by atoms with Crippen LogP contribution in [0.25, 0.3) is 0 Å². The van der Waals surface area contributed by atoms with Crippen LogP contribution in [0, 0.1) is 0 Å². The highest BCUT2D eigenvalue weighted by Crippen LogP contribution is 2.26. The van der Waals surface area contributed by atoms with Crippen LogP contribution in [0.2, 0.25) is 0 Å². The predicted octanol–water partition coefficient (Wildman–Crippen LogP) is 1.50. The summed E-state index contributed by atoms with van der Waals surface area (Å²) < 4.78 is 0. The number of anilines is 1. The second kappa shape index (κ2) is 5.84. The minimum Gasteiger partial charge on any atom is -0.411 e. The van der Waals surface area contributed by atoms with E-state index in [1.807, 2.05) is 12.1 Å². The fourth-order valence-corrected chi connectivity index (χ4v) is 2.48. The van der Waals surface area contributed by atoms with Crippen LogP contribution in [0.15, 0.2) is 23.4 Å². The number of rotatable bonds is 3. The normalized spacial score (nSPS) is 18.6. The molecule has 2 rings (SSSR count). The van der Waals surface area contributed by atoms with Crippen molar-refractivity contribution in [2.24, 2.45) is 5.16 Å². The summed E-state index contributed by atoms with van der Waals surface area (Å²) in [4.78, 5) is 13.6. The summed E-state index contributed by atoms with van der Waals surface area (Å²) in [7, 11) is 4.19. The molecule has 1 atom stereocenters. The molecule has 0 spiro atoms. The van der Waals surface area contributed by atoms with Crippen molar-refractivity contribution in [1.82, 2.24) is 4.90 Å². The third-order valence-electron chi connectivity index (χ3n) is 3.58. The maximum absolute atomic E-state index is 11.3. The standard InChI is InChI=1S/C14H19N3O2/c1-17(2)13-6-4-10-3-5-12(7-11(10)8-13)16-14(18)9-15-19/h3,5,7,9,13,19H,4,6,8H2,1-2H3,(H,16,18)/b15-9+. The van der Waals surface area contributed by atoms with Crippen molar-refractivity contribution in [1.29, 1.82) is 0 Å². The van der Waals surface area contributed by atoms with E-state index in [-0.39, 0.29) is 0 Å². The third kappa shape index (κ3) is 3.32. The molecule has 102 valence electrons. The highest BCUT2D eigenvalue weighted by atomic mass is 16.4. The lowest BCUT2D eigenvalue weighted by Gasteiger charge is -2.30. The number of carbonyl (C=O) groups excluding carboxylic acids is 1. The molecule has 1 aromatic carbocycles. The zero-order chi connectivity index (χ0) is 13.8. The molecule has 5 nitrogen and oxygen atoms in total. The Kier molecular flexibility index (Phi) is 4.16. The molecule has 0 fully saturated rings. The summed E-state index contributed by atoms with van der Waals surface area (Å²) >= 11 is 0. The van der Waals surface area contributed by atoms with Gasteiger partial charge in [0.25, 0.3) is 5.91 Å². The van der Waals surface area contributed by atoms with Crippen LogP contribution < -0.4 is 5.32 Å².